The van der Waals surface area contributed by atoms with Gasteiger partial charge in [-0.2, -0.15) is 0 Å². The Morgan fingerprint density at radius 3 is 2.24 bits per heavy atom. The number of rotatable bonds is 9. The number of nitrogens with zero attached hydrogens (tertiary/aromatic N) is 2. The van der Waals surface area contributed by atoms with Crippen LogP contribution in [0.5, 0.6) is 0 Å². The second-order valence-corrected chi connectivity index (χ2v) is 8.74. The van der Waals surface area contributed by atoms with Gasteiger partial charge in [-0.15, -0.1) is 0 Å². The molecule has 33 heavy (non-hydrogen) atoms. The van der Waals surface area contributed by atoms with Gasteiger partial charge in [0.1, 0.15) is 12.1 Å². The highest BCUT2D eigenvalue weighted by Crippen LogP contribution is 2.18. The Hall–Kier alpha value is -2.98. The highest BCUT2D eigenvalue weighted by atomic mass is 16.4. The summed E-state index contributed by atoms with van der Waals surface area (Å²) in [6, 6.07) is 5.08. The van der Waals surface area contributed by atoms with Gasteiger partial charge in [0.25, 0.3) is 0 Å². The van der Waals surface area contributed by atoms with Gasteiger partial charge in [0.2, 0.25) is 17.7 Å². The van der Waals surface area contributed by atoms with E-state index in [0.29, 0.717) is 18.8 Å². The zero-order chi connectivity index (χ0) is 24.7. The molecule has 0 bridgehead atoms. The molecule has 10 heteroatoms. The second kappa shape index (κ2) is 11.8. The number of carbonyl (C=O) groups excluding carboxylic acids is 3. The van der Waals surface area contributed by atoms with Gasteiger partial charge in [-0.25, -0.2) is 4.79 Å². The quantitative estimate of drug-likeness (QED) is 0.421. The van der Waals surface area contributed by atoms with Gasteiger partial charge >= 0.3 is 5.97 Å². The van der Waals surface area contributed by atoms with Crippen molar-refractivity contribution in [2.24, 2.45) is 5.92 Å². The lowest BCUT2D eigenvalue weighted by Gasteiger charge is -2.41. The predicted molar refractivity (Wildman–Crippen MR) is 124 cm³/mol. The lowest BCUT2D eigenvalue weighted by atomic mass is 10.00. The fourth-order valence-electron chi connectivity index (χ4n) is 3.71. The van der Waals surface area contributed by atoms with Crippen LogP contribution in [-0.2, 0) is 25.7 Å². The average molecular weight is 462 g/mol. The first-order chi connectivity index (χ1) is 15.5. The van der Waals surface area contributed by atoms with Crippen molar-refractivity contribution in [1.82, 2.24) is 20.4 Å². The Kier molecular flexibility index (Phi) is 9.36. The number of likely N-dealkylation sites (N-methyl/N-ethyl adjacent to an activating group) is 1. The topological polar surface area (TPSA) is 131 Å². The summed E-state index contributed by atoms with van der Waals surface area (Å²) in [6.45, 7) is 8.24. The molecular weight excluding hydrogens is 426 g/mol. The summed E-state index contributed by atoms with van der Waals surface area (Å²) in [6.07, 6.45) is 0. The standard InChI is InChI=1S/C23H35N5O5/c1-14(2)20(26-21(30)15(3)24-5)22(31)28-11-10-27(13-19(28)23(32)33)12-17-6-8-18(9-7-17)25-16(4)29/h6-9,14-15,19-20,24H,10-13H2,1-5H3,(H,25,29)(H,26,30)(H,32,33)/t15-,19-,20-/m0/s1. The average Bonchev–Trinajstić information content (AvgIpc) is 2.76. The number of piperazine rings is 1. The zero-order valence-electron chi connectivity index (χ0n) is 19.9. The maximum atomic E-state index is 13.3. The van der Waals surface area contributed by atoms with Crippen molar-refractivity contribution in [3.05, 3.63) is 29.8 Å². The van der Waals surface area contributed by atoms with Gasteiger partial charge < -0.3 is 26.0 Å². The van der Waals surface area contributed by atoms with Crippen molar-refractivity contribution in [1.29, 1.82) is 0 Å². The molecule has 0 spiro atoms. The largest absolute Gasteiger partial charge is 0.480 e. The molecule has 3 atom stereocenters. The molecule has 1 aromatic carbocycles. The third-order valence-corrected chi connectivity index (χ3v) is 5.77. The van der Waals surface area contributed by atoms with Crippen LogP contribution in [0.4, 0.5) is 5.69 Å². The molecule has 1 aliphatic rings. The Morgan fingerprint density at radius 2 is 1.73 bits per heavy atom. The van der Waals surface area contributed by atoms with Crippen LogP contribution in [0.2, 0.25) is 0 Å². The summed E-state index contributed by atoms with van der Waals surface area (Å²) in [4.78, 5) is 52.2. The van der Waals surface area contributed by atoms with Crippen molar-refractivity contribution in [2.45, 2.75) is 52.4 Å². The number of benzene rings is 1. The minimum absolute atomic E-state index is 0.149. The van der Waals surface area contributed by atoms with Crippen LogP contribution in [0.25, 0.3) is 0 Å². The van der Waals surface area contributed by atoms with Crippen LogP contribution < -0.4 is 16.0 Å². The molecule has 1 heterocycles. The molecular formula is C23H35N5O5. The molecule has 0 saturated carbocycles. The maximum absolute atomic E-state index is 13.3. The minimum atomic E-state index is -1.08. The van der Waals surface area contributed by atoms with Crippen molar-refractivity contribution in [3.63, 3.8) is 0 Å². The number of nitrogens with one attached hydrogen (secondary N) is 3. The molecule has 1 aromatic rings. The molecule has 0 unspecified atom stereocenters. The van der Waals surface area contributed by atoms with E-state index in [1.165, 1.54) is 11.8 Å². The summed E-state index contributed by atoms with van der Waals surface area (Å²) in [5.74, 6) is -2.11. The van der Waals surface area contributed by atoms with Crippen LogP contribution >= 0.6 is 0 Å². The summed E-state index contributed by atoms with van der Waals surface area (Å²) in [7, 11) is 1.66. The van der Waals surface area contributed by atoms with Crippen LogP contribution in [0.15, 0.2) is 24.3 Å². The molecule has 10 nitrogen and oxygen atoms in total. The number of amides is 3. The summed E-state index contributed by atoms with van der Waals surface area (Å²) < 4.78 is 0. The van der Waals surface area contributed by atoms with E-state index in [1.54, 1.807) is 26.1 Å². The van der Waals surface area contributed by atoms with Crippen molar-refractivity contribution in [2.75, 3.05) is 32.0 Å². The van der Waals surface area contributed by atoms with Gasteiger partial charge in [-0.1, -0.05) is 26.0 Å². The Bertz CT molecular complexity index is 857. The lowest BCUT2D eigenvalue weighted by molar-refractivity contribution is -0.155. The van der Waals surface area contributed by atoms with E-state index in [9.17, 15) is 24.3 Å². The number of anilines is 1. The van der Waals surface area contributed by atoms with E-state index in [0.717, 1.165) is 5.56 Å². The molecule has 0 radical (unpaired) electrons. The molecule has 182 valence electrons. The number of carbonyl (C=O) groups is 4. The summed E-state index contributed by atoms with van der Waals surface area (Å²) >= 11 is 0. The number of hydrogen-bond acceptors (Lipinski definition) is 6. The lowest BCUT2D eigenvalue weighted by Crippen LogP contribution is -2.63. The van der Waals surface area contributed by atoms with E-state index in [4.69, 9.17) is 0 Å². The van der Waals surface area contributed by atoms with Gasteiger partial charge in [0, 0.05) is 38.8 Å². The molecule has 1 aliphatic heterocycles. The van der Waals surface area contributed by atoms with Crippen LogP contribution in [0.1, 0.15) is 33.3 Å². The second-order valence-electron chi connectivity index (χ2n) is 8.74. The van der Waals surface area contributed by atoms with Crippen molar-refractivity contribution >= 4 is 29.4 Å². The Balaban J connectivity index is 2.08. The van der Waals surface area contributed by atoms with Crippen molar-refractivity contribution < 1.29 is 24.3 Å². The van der Waals surface area contributed by atoms with Gasteiger partial charge in [0.05, 0.1) is 6.04 Å². The van der Waals surface area contributed by atoms with Gasteiger partial charge in [-0.3, -0.25) is 19.3 Å². The van der Waals surface area contributed by atoms with E-state index in [2.05, 4.69) is 16.0 Å². The third kappa shape index (κ3) is 7.26. The number of carboxylic acids is 1. The Morgan fingerprint density at radius 1 is 1.09 bits per heavy atom. The number of carboxylic acid groups (broad SMARTS) is 1. The summed E-state index contributed by atoms with van der Waals surface area (Å²) in [5, 5.41) is 18.1. The first-order valence-corrected chi connectivity index (χ1v) is 11.1. The predicted octanol–water partition coefficient (Wildman–Crippen LogP) is 0.491. The van der Waals surface area contributed by atoms with Gasteiger partial charge in [0.15, 0.2) is 0 Å². The number of hydrogen-bond donors (Lipinski definition) is 4. The monoisotopic (exact) mass is 461 g/mol. The first kappa shape index (κ1) is 26.3. The molecule has 3 amide bonds. The van der Waals surface area contributed by atoms with Crippen molar-refractivity contribution in [3.8, 4) is 0 Å². The number of aliphatic carboxylic acids is 1. The molecule has 0 aromatic heterocycles. The minimum Gasteiger partial charge on any atom is -0.480 e. The fraction of sp³-hybridized carbons (Fsp3) is 0.565. The third-order valence-electron chi connectivity index (χ3n) is 5.77. The maximum Gasteiger partial charge on any atom is 0.327 e. The van der Waals surface area contributed by atoms with Gasteiger partial charge in [-0.05, 0) is 37.6 Å². The fourth-order valence-corrected chi connectivity index (χ4v) is 3.71. The molecule has 1 fully saturated rings. The highest BCUT2D eigenvalue weighted by molar-refractivity contribution is 5.92. The van der Waals surface area contributed by atoms with E-state index >= 15 is 0 Å². The van der Waals surface area contributed by atoms with E-state index in [1.807, 2.05) is 30.9 Å². The SMILES string of the molecule is CN[C@@H](C)C(=O)N[C@H](C(=O)N1CCN(Cc2ccc(NC(C)=O)cc2)C[C@H]1C(=O)O)C(C)C. The Labute approximate surface area is 194 Å². The molecule has 2 rings (SSSR count). The van der Waals surface area contributed by atoms with E-state index in [-0.39, 0.29) is 36.7 Å². The molecule has 4 N–H and O–H groups in total. The molecule has 0 aliphatic carbocycles. The van der Waals surface area contributed by atoms with Crippen LogP contribution in [-0.4, -0.2) is 83.4 Å². The smallest absolute Gasteiger partial charge is 0.327 e. The van der Waals surface area contributed by atoms with Crippen LogP contribution in [0.3, 0.4) is 0 Å². The first-order valence-electron chi connectivity index (χ1n) is 11.1. The normalized spacial score (nSPS) is 18.5. The van der Waals surface area contributed by atoms with E-state index < -0.39 is 24.1 Å². The zero-order valence-corrected chi connectivity index (χ0v) is 19.9. The highest BCUT2D eigenvalue weighted by Gasteiger charge is 2.39. The molecule has 1 saturated heterocycles. The van der Waals surface area contributed by atoms with Crippen LogP contribution in [0, 0.1) is 5.92 Å². The summed E-state index contributed by atoms with van der Waals surface area (Å²) in [5.41, 5.74) is 1.67.